The minimum Gasteiger partial charge on any atom is -0.390 e. The van der Waals surface area contributed by atoms with Gasteiger partial charge in [0.25, 0.3) is 5.56 Å². The van der Waals surface area contributed by atoms with E-state index in [-0.39, 0.29) is 11.6 Å². The summed E-state index contributed by atoms with van der Waals surface area (Å²) in [5.74, 6) is 0. The van der Waals surface area contributed by atoms with Gasteiger partial charge in [-0.3, -0.25) is 19.2 Å². The number of nitrogens with one attached hydrogen (secondary N) is 1. The van der Waals surface area contributed by atoms with E-state index in [0.717, 1.165) is 0 Å². The van der Waals surface area contributed by atoms with Crippen LogP contribution in [0.3, 0.4) is 0 Å². The minimum absolute atomic E-state index is 0.296. The van der Waals surface area contributed by atoms with Gasteiger partial charge in [-0.1, -0.05) is 0 Å². The first-order chi connectivity index (χ1) is 8.40. The summed E-state index contributed by atoms with van der Waals surface area (Å²) in [6.07, 6.45) is 0.939. The number of hydrogen-bond donors (Lipinski definition) is 2. The van der Waals surface area contributed by atoms with Crippen molar-refractivity contribution in [3.8, 4) is 0 Å². The summed E-state index contributed by atoms with van der Waals surface area (Å²) in [6, 6.07) is 0.0275. The number of aromatic amines is 1. The van der Waals surface area contributed by atoms with Crippen molar-refractivity contribution in [2.24, 2.45) is 0 Å². The van der Waals surface area contributed by atoms with Gasteiger partial charge in [-0.25, -0.2) is 4.79 Å². The highest BCUT2D eigenvalue weighted by molar-refractivity contribution is 5.04. The molecule has 1 saturated heterocycles. The highest BCUT2D eigenvalue weighted by Crippen LogP contribution is 2.22. The maximum absolute atomic E-state index is 11.8. The number of likely N-dealkylation sites (tertiary alicyclic amines) is 1. The topological polar surface area (TPSA) is 78.3 Å². The van der Waals surface area contributed by atoms with Crippen LogP contribution in [0.5, 0.6) is 0 Å². The summed E-state index contributed by atoms with van der Waals surface area (Å²) < 4.78 is 1.43. The lowest BCUT2D eigenvalue weighted by Crippen LogP contribution is -2.37. The third kappa shape index (κ3) is 2.26. The smallest absolute Gasteiger partial charge is 0.328 e. The standard InChI is InChI=1S/C12H19N3O3/c1-7(2)14-5-9(10(16)6-14)15-4-8(3)11(17)13-12(15)18/h4,7,9-10,16H,5-6H2,1-3H3,(H,13,17,18)/t9-,10-/m1/s1. The lowest BCUT2D eigenvalue weighted by Gasteiger charge is -2.20. The molecule has 0 spiro atoms. The number of rotatable bonds is 2. The van der Waals surface area contributed by atoms with Gasteiger partial charge in [0.1, 0.15) is 0 Å². The fraction of sp³-hybridized carbons (Fsp3) is 0.667. The van der Waals surface area contributed by atoms with Crippen molar-refractivity contribution in [1.82, 2.24) is 14.5 Å². The van der Waals surface area contributed by atoms with Gasteiger partial charge in [-0.05, 0) is 20.8 Å². The van der Waals surface area contributed by atoms with E-state index in [1.165, 1.54) is 10.8 Å². The Morgan fingerprint density at radius 2 is 2.06 bits per heavy atom. The summed E-state index contributed by atoms with van der Waals surface area (Å²) in [4.78, 5) is 27.5. The van der Waals surface area contributed by atoms with Crippen LogP contribution in [0.4, 0.5) is 0 Å². The largest absolute Gasteiger partial charge is 0.390 e. The molecule has 1 aromatic heterocycles. The molecular formula is C12H19N3O3. The zero-order valence-electron chi connectivity index (χ0n) is 10.9. The number of aryl methyl sites for hydroxylation is 1. The molecule has 0 unspecified atom stereocenters. The van der Waals surface area contributed by atoms with Crippen LogP contribution < -0.4 is 11.2 Å². The second kappa shape index (κ2) is 4.70. The summed E-state index contributed by atoms with van der Waals surface area (Å²) in [7, 11) is 0. The van der Waals surface area contributed by atoms with Crippen molar-refractivity contribution in [2.75, 3.05) is 13.1 Å². The molecule has 0 radical (unpaired) electrons. The molecule has 6 heteroatoms. The lowest BCUT2D eigenvalue weighted by molar-refractivity contribution is 0.139. The van der Waals surface area contributed by atoms with Crippen molar-refractivity contribution in [3.63, 3.8) is 0 Å². The first-order valence-electron chi connectivity index (χ1n) is 6.14. The summed E-state index contributed by atoms with van der Waals surface area (Å²) in [5, 5.41) is 10.1. The molecule has 100 valence electrons. The second-order valence-corrected chi connectivity index (χ2v) is 5.16. The predicted molar refractivity (Wildman–Crippen MR) is 67.8 cm³/mol. The Bertz CT molecular complexity index is 546. The number of aliphatic hydroxyl groups is 1. The van der Waals surface area contributed by atoms with E-state index in [1.807, 2.05) is 0 Å². The summed E-state index contributed by atoms with van der Waals surface area (Å²) >= 11 is 0. The van der Waals surface area contributed by atoms with E-state index in [0.29, 0.717) is 24.7 Å². The fourth-order valence-corrected chi connectivity index (χ4v) is 2.33. The Balaban J connectivity index is 2.36. The SMILES string of the molecule is Cc1cn([C@@H]2CN(C(C)C)C[C@H]2O)c(=O)[nH]c1=O. The van der Waals surface area contributed by atoms with Crippen LogP contribution in [0.25, 0.3) is 0 Å². The first kappa shape index (κ1) is 13.0. The monoisotopic (exact) mass is 253 g/mol. The molecule has 1 aromatic rings. The summed E-state index contributed by atoms with van der Waals surface area (Å²) in [6.45, 7) is 6.92. The number of aromatic nitrogens is 2. The third-order valence-electron chi connectivity index (χ3n) is 3.52. The molecule has 0 aromatic carbocycles. The highest BCUT2D eigenvalue weighted by atomic mass is 16.3. The van der Waals surface area contributed by atoms with Gasteiger partial charge < -0.3 is 5.11 Å². The van der Waals surface area contributed by atoms with Crippen molar-refractivity contribution >= 4 is 0 Å². The number of aliphatic hydroxyl groups excluding tert-OH is 1. The maximum Gasteiger partial charge on any atom is 0.328 e. The van der Waals surface area contributed by atoms with E-state index in [2.05, 4.69) is 23.7 Å². The Morgan fingerprint density at radius 3 is 2.61 bits per heavy atom. The predicted octanol–water partition coefficient (Wildman–Crippen LogP) is -0.529. The molecule has 1 aliphatic heterocycles. The molecule has 2 heterocycles. The lowest BCUT2D eigenvalue weighted by atomic mass is 10.2. The van der Waals surface area contributed by atoms with Crippen LogP contribution in [0.15, 0.2) is 15.8 Å². The molecule has 1 aliphatic rings. The van der Waals surface area contributed by atoms with Crippen LogP contribution >= 0.6 is 0 Å². The van der Waals surface area contributed by atoms with Gasteiger partial charge in [0, 0.05) is 30.9 Å². The molecule has 0 bridgehead atoms. The average Bonchev–Trinajstić information content (AvgIpc) is 2.66. The van der Waals surface area contributed by atoms with E-state index in [1.54, 1.807) is 6.92 Å². The Hall–Kier alpha value is -1.40. The van der Waals surface area contributed by atoms with Gasteiger partial charge in [-0.2, -0.15) is 0 Å². The zero-order valence-corrected chi connectivity index (χ0v) is 10.9. The number of hydrogen-bond acceptors (Lipinski definition) is 4. The molecule has 2 N–H and O–H groups in total. The van der Waals surface area contributed by atoms with Gasteiger partial charge in [-0.15, -0.1) is 0 Å². The van der Waals surface area contributed by atoms with E-state index < -0.39 is 11.8 Å². The third-order valence-corrected chi connectivity index (χ3v) is 3.52. The van der Waals surface area contributed by atoms with Crippen LogP contribution in [-0.4, -0.2) is 44.8 Å². The molecule has 0 saturated carbocycles. The molecule has 6 nitrogen and oxygen atoms in total. The van der Waals surface area contributed by atoms with Crippen LogP contribution in [-0.2, 0) is 0 Å². The van der Waals surface area contributed by atoms with Gasteiger partial charge in [0.2, 0.25) is 0 Å². The fourth-order valence-electron chi connectivity index (χ4n) is 2.33. The number of nitrogens with zero attached hydrogens (tertiary/aromatic N) is 2. The van der Waals surface area contributed by atoms with Crippen LogP contribution in [0.1, 0.15) is 25.5 Å². The second-order valence-electron chi connectivity index (χ2n) is 5.16. The Morgan fingerprint density at radius 1 is 1.39 bits per heavy atom. The Kier molecular flexibility index (Phi) is 3.41. The average molecular weight is 253 g/mol. The van der Waals surface area contributed by atoms with Gasteiger partial charge >= 0.3 is 5.69 Å². The molecule has 0 amide bonds. The summed E-state index contributed by atoms with van der Waals surface area (Å²) in [5.41, 5.74) is -0.352. The van der Waals surface area contributed by atoms with Crippen molar-refractivity contribution in [3.05, 3.63) is 32.6 Å². The molecule has 0 aliphatic carbocycles. The zero-order chi connectivity index (χ0) is 13.4. The van der Waals surface area contributed by atoms with Crippen LogP contribution in [0.2, 0.25) is 0 Å². The van der Waals surface area contributed by atoms with Gasteiger partial charge in [0.15, 0.2) is 0 Å². The van der Waals surface area contributed by atoms with Crippen molar-refractivity contribution in [1.29, 1.82) is 0 Å². The maximum atomic E-state index is 11.8. The number of β-amino-alcohol motifs (C(OH)–C–C–N with tert-alkyl or cyclic N) is 1. The van der Waals surface area contributed by atoms with E-state index in [4.69, 9.17) is 0 Å². The Labute approximate surface area is 105 Å². The molecule has 2 atom stereocenters. The molecule has 1 fully saturated rings. The van der Waals surface area contributed by atoms with Crippen molar-refractivity contribution < 1.29 is 5.11 Å². The minimum atomic E-state index is -0.588. The van der Waals surface area contributed by atoms with Crippen LogP contribution in [0, 0.1) is 6.92 Å². The number of H-pyrrole nitrogens is 1. The normalized spacial score (nSPS) is 24.9. The van der Waals surface area contributed by atoms with Gasteiger partial charge in [0.05, 0.1) is 12.1 Å². The van der Waals surface area contributed by atoms with E-state index in [9.17, 15) is 14.7 Å². The van der Waals surface area contributed by atoms with Crippen molar-refractivity contribution in [2.45, 2.75) is 39.0 Å². The quantitative estimate of drug-likeness (QED) is 0.743. The highest BCUT2D eigenvalue weighted by Gasteiger charge is 2.34. The molecule has 2 rings (SSSR count). The first-order valence-corrected chi connectivity index (χ1v) is 6.14. The molecule has 18 heavy (non-hydrogen) atoms. The van der Waals surface area contributed by atoms with E-state index >= 15 is 0 Å². The molecular weight excluding hydrogens is 234 g/mol.